The molecule has 1 aromatic rings. The average Bonchev–Trinajstić information content (AvgIpc) is 2.39. The quantitative estimate of drug-likeness (QED) is 0.926. The molecule has 0 bridgehead atoms. The van der Waals surface area contributed by atoms with Crippen LogP contribution in [0.5, 0.6) is 0 Å². The molecule has 1 unspecified atom stereocenters. The number of hydrogen-bond donors (Lipinski definition) is 1. The molecule has 0 saturated carbocycles. The summed E-state index contributed by atoms with van der Waals surface area (Å²) < 4.78 is 40.1. The van der Waals surface area contributed by atoms with Gasteiger partial charge in [-0.15, -0.1) is 0 Å². The van der Waals surface area contributed by atoms with Crippen LogP contribution in [-0.4, -0.2) is 37.0 Å². The van der Waals surface area contributed by atoms with E-state index in [0.717, 1.165) is 19.3 Å². The summed E-state index contributed by atoms with van der Waals surface area (Å²) in [4.78, 5) is 0.156. The van der Waals surface area contributed by atoms with E-state index in [-0.39, 0.29) is 17.5 Å². The second-order valence-corrected chi connectivity index (χ2v) is 7.05. The Labute approximate surface area is 119 Å². The van der Waals surface area contributed by atoms with Crippen LogP contribution in [0, 0.1) is 12.7 Å². The molecule has 0 aliphatic carbocycles. The van der Waals surface area contributed by atoms with Gasteiger partial charge in [-0.25, -0.2) is 12.8 Å². The molecule has 20 heavy (non-hydrogen) atoms. The summed E-state index contributed by atoms with van der Waals surface area (Å²) in [5.41, 5.74) is 0.415. The smallest absolute Gasteiger partial charge is 0.243 e. The predicted octanol–water partition coefficient (Wildman–Crippen LogP) is 2.06. The van der Waals surface area contributed by atoms with Gasteiger partial charge in [0, 0.05) is 19.2 Å². The van der Waals surface area contributed by atoms with E-state index in [1.165, 1.54) is 22.5 Å². The lowest BCUT2D eigenvalue weighted by Crippen LogP contribution is -2.44. The third-order valence-corrected chi connectivity index (χ3v) is 5.87. The van der Waals surface area contributed by atoms with Crippen molar-refractivity contribution < 1.29 is 17.9 Å². The van der Waals surface area contributed by atoms with E-state index >= 15 is 0 Å². The van der Waals surface area contributed by atoms with Gasteiger partial charge in [0.1, 0.15) is 5.82 Å². The molecular weight excluding hydrogens is 281 g/mol. The molecule has 112 valence electrons. The van der Waals surface area contributed by atoms with Crippen molar-refractivity contribution in [2.75, 3.05) is 13.2 Å². The number of sulfonamides is 1. The molecule has 6 heteroatoms. The average molecular weight is 301 g/mol. The fourth-order valence-electron chi connectivity index (χ4n) is 2.76. The predicted molar refractivity (Wildman–Crippen MR) is 74.4 cm³/mol. The number of aryl methyl sites for hydroxylation is 1. The van der Waals surface area contributed by atoms with E-state index in [1.807, 2.05) is 0 Å². The zero-order chi connectivity index (χ0) is 14.8. The van der Waals surface area contributed by atoms with Gasteiger partial charge in [0.25, 0.3) is 0 Å². The van der Waals surface area contributed by atoms with Crippen LogP contribution in [0.1, 0.15) is 31.2 Å². The number of halogens is 1. The maximum Gasteiger partial charge on any atom is 0.243 e. The van der Waals surface area contributed by atoms with Gasteiger partial charge in [-0.05, 0) is 49.9 Å². The van der Waals surface area contributed by atoms with E-state index < -0.39 is 15.8 Å². The summed E-state index contributed by atoms with van der Waals surface area (Å²) in [6.45, 7) is 2.03. The first kappa shape index (κ1) is 15.4. The molecule has 1 saturated heterocycles. The van der Waals surface area contributed by atoms with Gasteiger partial charge >= 0.3 is 0 Å². The minimum Gasteiger partial charge on any atom is -0.396 e. The van der Waals surface area contributed by atoms with Crippen molar-refractivity contribution >= 4 is 10.0 Å². The number of benzene rings is 1. The highest BCUT2D eigenvalue weighted by Crippen LogP contribution is 2.28. The standard InChI is InChI=1S/C14H20FNO3S/c1-11-10-12(15)5-6-14(11)20(18,19)16-8-3-2-4-13(16)7-9-17/h5-6,10,13,17H,2-4,7-9H2,1H3. The Morgan fingerprint density at radius 3 is 2.80 bits per heavy atom. The third kappa shape index (κ3) is 3.02. The summed E-state index contributed by atoms with van der Waals surface area (Å²) in [5.74, 6) is -0.438. The van der Waals surface area contributed by atoms with Crippen LogP contribution in [0.4, 0.5) is 4.39 Å². The summed E-state index contributed by atoms with van der Waals surface area (Å²) in [7, 11) is -3.63. The van der Waals surface area contributed by atoms with Crippen molar-refractivity contribution in [2.24, 2.45) is 0 Å². The molecular formula is C14H20FNO3S. The first-order valence-corrected chi connectivity index (χ1v) is 8.29. The number of hydrogen-bond acceptors (Lipinski definition) is 3. The monoisotopic (exact) mass is 301 g/mol. The fraction of sp³-hybridized carbons (Fsp3) is 0.571. The van der Waals surface area contributed by atoms with Crippen molar-refractivity contribution in [1.29, 1.82) is 0 Å². The molecule has 1 atom stereocenters. The molecule has 0 aromatic heterocycles. The van der Waals surface area contributed by atoms with Crippen molar-refractivity contribution in [3.05, 3.63) is 29.6 Å². The highest BCUT2D eigenvalue weighted by Gasteiger charge is 2.33. The van der Waals surface area contributed by atoms with Gasteiger partial charge in [0.05, 0.1) is 4.90 Å². The summed E-state index contributed by atoms with van der Waals surface area (Å²) in [5, 5.41) is 9.09. The Kier molecular flexibility index (Phi) is 4.78. The number of nitrogens with zero attached hydrogens (tertiary/aromatic N) is 1. The van der Waals surface area contributed by atoms with Crippen LogP contribution in [0.15, 0.2) is 23.1 Å². The zero-order valence-electron chi connectivity index (χ0n) is 11.5. The number of aliphatic hydroxyl groups excluding tert-OH is 1. The summed E-state index contributed by atoms with van der Waals surface area (Å²) in [6, 6.07) is 3.57. The van der Waals surface area contributed by atoms with Gasteiger partial charge in [-0.1, -0.05) is 6.42 Å². The normalized spacial score (nSPS) is 21.1. The van der Waals surface area contributed by atoms with Crippen LogP contribution in [0.2, 0.25) is 0 Å². The highest BCUT2D eigenvalue weighted by molar-refractivity contribution is 7.89. The molecule has 1 heterocycles. The van der Waals surface area contributed by atoms with Gasteiger partial charge in [0.2, 0.25) is 10.0 Å². The molecule has 0 amide bonds. The lowest BCUT2D eigenvalue weighted by Gasteiger charge is -2.34. The molecule has 1 aliphatic heterocycles. The van der Waals surface area contributed by atoms with Gasteiger partial charge in [0.15, 0.2) is 0 Å². The second kappa shape index (κ2) is 6.20. The van der Waals surface area contributed by atoms with E-state index in [0.29, 0.717) is 18.5 Å². The maximum absolute atomic E-state index is 13.1. The Balaban J connectivity index is 2.37. The van der Waals surface area contributed by atoms with Gasteiger partial charge in [-0.2, -0.15) is 4.31 Å². The Morgan fingerprint density at radius 1 is 1.40 bits per heavy atom. The van der Waals surface area contributed by atoms with Crippen molar-refractivity contribution in [3.8, 4) is 0 Å². The van der Waals surface area contributed by atoms with Crippen LogP contribution in [0.25, 0.3) is 0 Å². The van der Waals surface area contributed by atoms with Crippen LogP contribution >= 0.6 is 0 Å². The molecule has 0 radical (unpaired) electrons. The SMILES string of the molecule is Cc1cc(F)ccc1S(=O)(=O)N1CCCCC1CCO. The van der Waals surface area contributed by atoms with Gasteiger partial charge in [-0.3, -0.25) is 0 Å². The summed E-state index contributed by atoms with van der Waals surface area (Å²) in [6.07, 6.45) is 3.00. The highest BCUT2D eigenvalue weighted by atomic mass is 32.2. The molecule has 0 spiro atoms. The molecule has 1 aliphatic rings. The Bertz CT molecular complexity index is 572. The fourth-order valence-corrected chi connectivity index (χ4v) is 4.69. The van der Waals surface area contributed by atoms with Gasteiger partial charge < -0.3 is 5.11 Å². The van der Waals surface area contributed by atoms with E-state index in [4.69, 9.17) is 5.11 Å². The van der Waals surface area contributed by atoms with E-state index in [1.54, 1.807) is 6.92 Å². The minimum atomic E-state index is -3.63. The molecule has 2 rings (SSSR count). The zero-order valence-corrected chi connectivity index (χ0v) is 12.4. The number of rotatable bonds is 4. The van der Waals surface area contributed by atoms with E-state index in [9.17, 15) is 12.8 Å². The maximum atomic E-state index is 13.1. The second-order valence-electron chi connectivity index (χ2n) is 5.19. The Morgan fingerprint density at radius 2 is 2.15 bits per heavy atom. The first-order valence-electron chi connectivity index (χ1n) is 6.85. The van der Waals surface area contributed by atoms with Crippen molar-refractivity contribution in [2.45, 2.75) is 43.5 Å². The third-order valence-electron chi connectivity index (χ3n) is 3.76. The molecule has 4 nitrogen and oxygen atoms in total. The minimum absolute atomic E-state index is 0.0287. The summed E-state index contributed by atoms with van der Waals surface area (Å²) >= 11 is 0. The van der Waals surface area contributed by atoms with Crippen LogP contribution in [-0.2, 0) is 10.0 Å². The first-order chi connectivity index (χ1) is 9.46. The van der Waals surface area contributed by atoms with Crippen molar-refractivity contribution in [1.82, 2.24) is 4.31 Å². The number of piperidine rings is 1. The van der Waals surface area contributed by atoms with E-state index in [2.05, 4.69) is 0 Å². The lowest BCUT2D eigenvalue weighted by molar-refractivity contribution is 0.192. The molecule has 1 aromatic carbocycles. The largest absolute Gasteiger partial charge is 0.396 e. The Hall–Kier alpha value is -0.980. The number of aliphatic hydroxyl groups is 1. The van der Waals surface area contributed by atoms with Crippen LogP contribution in [0.3, 0.4) is 0 Å². The van der Waals surface area contributed by atoms with Crippen LogP contribution < -0.4 is 0 Å². The molecule has 1 fully saturated rings. The topological polar surface area (TPSA) is 57.6 Å². The molecule has 1 N–H and O–H groups in total. The lowest BCUT2D eigenvalue weighted by atomic mass is 10.0. The van der Waals surface area contributed by atoms with Crippen molar-refractivity contribution in [3.63, 3.8) is 0 Å².